The molecule has 1 aliphatic rings. The standard InChI is InChI=1S/C15H23NO2/c1-10(2)13-5-4-11(3)8-14(13)18-15(17)12-6-7-16-9-12/h6-7,9-11,13-14,16H,4-5,8H2,1-3H3/t11-,13+,14-/m1/s1. The van der Waals surface area contributed by atoms with Gasteiger partial charge in [-0.25, -0.2) is 4.79 Å². The molecule has 0 radical (unpaired) electrons. The van der Waals surface area contributed by atoms with Crippen LogP contribution >= 0.6 is 0 Å². The first-order chi connectivity index (χ1) is 8.58. The maximum absolute atomic E-state index is 12.0. The number of carbonyl (C=O) groups is 1. The summed E-state index contributed by atoms with van der Waals surface area (Å²) < 4.78 is 5.72. The number of carbonyl (C=O) groups excluding carboxylic acids is 1. The number of nitrogens with one attached hydrogen (secondary N) is 1. The number of ether oxygens (including phenoxy) is 1. The van der Waals surface area contributed by atoms with Gasteiger partial charge in [0.15, 0.2) is 0 Å². The van der Waals surface area contributed by atoms with Crippen molar-refractivity contribution >= 4 is 5.97 Å². The normalized spacial score (nSPS) is 28.3. The Hall–Kier alpha value is -1.25. The molecule has 0 aromatic carbocycles. The van der Waals surface area contributed by atoms with Crippen molar-refractivity contribution in [1.82, 2.24) is 4.98 Å². The van der Waals surface area contributed by atoms with Crippen molar-refractivity contribution in [1.29, 1.82) is 0 Å². The van der Waals surface area contributed by atoms with Gasteiger partial charge in [-0.05, 0) is 36.7 Å². The fourth-order valence-corrected chi connectivity index (χ4v) is 2.91. The van der Waals surface area contributed by atoms with Gasteiger partial charge in [0.2, 0.25) is 0 Å². The van der Waals surface area contributed by atoms with E-state index < -0.39 is 0 Å². The molecular formula is C15H23NO2. The van der Waals surface area contributed by atoms with E-state index in [2.05, 4.69) is 25.8 Å². The molecule has 2 rings (SSSR count). The molecule has 1 aromatic rings. The summed E-state index contributed by atoms with van der Waals surface area (Å²) in [6.07, 6.45) is 6.94. The van der Waals surface area contributed by atoms with Crippen molar-refractivity contribution < 1.29 is 9.53 Å². The van der Waals surface area contributed by atoms with Gasteiger partial charge in [0.05, 0.1) is 5.56 Å². The summed E-state index contributed by atoms with van der Waals surface area (Å²) in [5.41, 5.74) is 0.621. The third-order valence-corrected chi connectivity index (χ3v) is 4.05. The molecule has 1 heterocycles. The lowest BCUT2D eigenvalue weighted by atomic mass is 9.75. The lowest BCUT2D eigenvalue weighted by molar-refractivity contribution is -0.0173. The largest absolute Gasteiger partial charge is 0.458 e. The molecule has 3 heteroatoms. The first-order valence-corrected chi connectivity index (χ1v) is 6.91. The summed E-state index contributed by atoms with van der Waals surface area (Å²) in [5.74, 6) is 1.54. The zero-order valence-corrected chi connectivity index (χ0v) is 11.5. The van der Waals surface area contributed by atoms with Crippen LogP contribution in [0.1, 0.15) is 50.4 Å². The van der Waals surface area contributed by atoms with Gasteiger partial charge in [0.25, 0.3) is 0 Å². The second kappa shape index (κ2) is 5.59. The molecule has 1 fully saturated rings. The summed E-state index contributed by atoms with van der Waals surface area (Å²) in [6, 6.07) is 1.76. The van der Waals surface area contributed by atoms with Crippen molar-refractivity contribution in [3.8, 4) is 0 Å². The molecule has 1 saturated carbocycles. The number of rotatable bonds is 3. The van der Waals surface area contributed by atoms with Gasteiger partial charge in [-0.2, -0.15) is 0 Å². The number of H-pyrrole nitrogens is 1. The minimum atomic E-state index is -0.194. The summed E-state index contributed by atoms with van der Waals surface area (Å²) in [5, 5.41) is 0. The maximum atomic E-state index is 12.0. The zero-order valence-electron chi connectivity index (χ0n) is 11.5. The van der Waals surface area contributed by atoms with Crippen LogP contribution in [0.2, 0.25) is 0 Å². The maximum Gasteiger partial charge on any atom is 0.339 e. The van der Waals surface area contributed by atoms with E-state index in [1.54, 1.807) is 18.5 Å². The van der Waals surface area contributed by atoms with Gasteiger partial charge in [0.1, 0.15) is 6.10 Å². The van der Waals surface area contributed by atoms with Crippen molar-refractivity contribution in [2.75, 3.05) is 0 Å². The molecule has 1 N–H and O–H groups in total. The lowest BCUT2D eigenvalue weighted by Crippen LogP contribution is -2.35. The van der Waals surface area contributed by atoms with E-state index in [1.807, 2.05) is 0 Å². The monoisotopic (exact) mass is 249 g/mol. The van der Waals surface area contributed by atoms with Gasteiger partial charge in [-0.15, -0.1) is 0 Å². The van der Waals surface area contributed by atoms with E-state index in [0.717, 1.165) is 6.42 Å². The van der Waals surface area contributed by atoms with Gasteiger partial charge < -0.3 is 9.72 Å². The third-order valence-electron chi connectivity index (χ3n) is 4.05. The fourth-order valence-electron chi connectivity index (χ4n) is 2.91. The highest BCUT2D eigenvalue weighted by atomic mass is 16.5. The molecule has 3 nitrogen and oxygen atoms in total. The number of aromatic nitrogens is 1. The van der Waals surface area contributed by atoms with E-state index in [-0.39, 0.29) is 12.1 Å². The van der Waals surface area contributed by atoms with Gasteiger partial charge in [-0.3, -0.25) is 0 Å². The van der Waals surface area contributed by atoms with E-state index in [9.17, 15) is 4.79 Å². The molecule has 3 atom stereocenters. The minimum absolute atomic E-state index is 0.0798. The Morgan fingerprint density at radius 2 is 2.22 bits per heavy atom. The van der Waals surface area contributed by atoms with Crippen LogP contribution in [-0.2, 0) is 4.74 Å². The topological polar surface area (TPSA) is 42.1 Å². The van der Waals surface area contributed by atoms with Crippen LogP contribution < -0.4 is 0 Å². The number of aromatic amines is 1. The van der Waals surface area contributed by atoms with E-state index in [4.69, 9.17) is 4.74 Å². The van der Waals surface area contributed by atoms with Gasteiger partial charge in [-0.1, -0.05) is 27.2 Å². The smallest absolute Gasteiger partial charge is 0.339 e. The zero-order chi connectivity index (χ0) is 13.1. The molecule has 0 bridgehead atoms. The SMILES string of the molecule is CC(C)[C@@H]1CC[C@@H](C)C[C@H]1OC(=O)c1cc[nH]c1. The Kier molecular flexibility index (Phi) is 4.10. The fraction of sp³-hybridized carbons (Fsp3) is 0.667. The summed E-state index contributed by atoms with van der Waals surface area (Å²) in [6.45, 7) is 6.68. The Labute approximate surface area is 109 Å². The minimum Gasteiger partial charge on any atom is -0.458 e. The van der Waals surface area contributed by atoms with Gasteiger partial charge in [0, 0.05) is 12.4 Å². The van der Waals surface area contributed by atoms with Crippen LogP contribution in [0.15, 0.2) is 18.5 Å². The van der Waals surface area contributed by atoms with Crippen LogP contribution in [-0.4, -0.2) is 17.1 Å². The molecular weight excluding hydrogens is 226 g/mol. The molecule has 100 valence electrons. The number of esters is 1. The summed E-state index contributed by atoms with van der Waals surface area (Å²) >= 11 is 0. The Morgan fingerprint density at radius 3 is 2.83 bits per heavy atom. The molecule has 0 aliphatic heterocycles. The molecule has 0 amide bonds. The predicted molar refractivity (Wildman–Crippen MR) is 71.3 cm³/mol. The van der Waals surface area contributed by atoms with Crippen molar-refractivity contribution in [2.24, 2.45) is 17.8 Å². The Bertz CT molecular complexity index is 383. The van der Waals surface area contributed by atoms with Crippen molar-refractivity contribution in [3.63, 3.8) is 0 Å². The van der Waals surface area contributed by atoms with E-state index in [0.29, 0.717) is 23.3 Å². The van der Waals surface area contributed by atoms with Crippen LogP contribution in [0.4, 0.5) is 0 Å². The molecule has 1 aliphatic carbocycles. The molecule has 0 saturated heterocycles. The highest BCUT2D eigenvalue weighted by Crippen LogP contribution is 2.35. The first kappa shape index (κ1) is 13.2. The van der Waals surface area contributed by atoms with E-state index >= 15 is 0 Å². The Morgan fingerprint density at radius 1 is 1.44 bits per heavy atom. The highest BCUT2D eigenvalue weighted by Gasteiger charge is 2.33. The predicted octanol–water partition coefficient (Wildman–Crippen LogP) is 3.63. The van der Waals surface area contributed by atoms with Crippen LogP contribution in [0.3, 0.4) is 0 Å². The molecule has 18 heavy (non-hydrogen) atoms. The van der Waals surface area contributed by atoms with Crippen molar-refractivity contribution in [3.05, 3.63) is 24.0 Å². The van der Waals surface area contributed by atoms with Crippen LogP contribution in [0, 0.1) is 17.8 Å². The van der Waals surface area contributed by atoms with Gasteiger partial charge >= 0.3 is 5.97 Å². The quantitative estimate of drug-likeness (QED) is 0.831. The average Bonchev–Trinajstić information content (AvgIpc) is 2.81. The molecule has 1 aromatic heterocycles. The average molecular weight is 249 g/mol. The third kappa shape index (κ3) is 2.95. The second-order valence-corrected chi connectivity index (χ2v) is 5.87. The first-order valence-electron chi connectivity index (χ1n) is 6.91. The second-order valence-electron chi connectivity index (χ2n) is 5.87. The molecule has 0 spiro atoms. The number of hydrogen-bond acceptors (Lipinski definition) is 2. The molecule has 0 unspecified atom stereocenters. The number of hydrogen-bond donors (Lipinski definition) is 1. The van der Waals surface area contributed by atoms with Crippen LogP contribution in [0.25, 0.3) is 0 Å². The highest BCUT2D eigenvalue weighted by molar-refractivity contribution is 5.89. The summed E-state index contributed by atoms with van der Waals surface area (Å²) in [4.78, 5) is 14.9. The van der Waals surface area contributed by atoms with Crippen molar-refractivity contribution in [2.45, 2.75) is 46.1 Å². The van der Waals surface area contributed by atoms with Crippen LogP contribution in [0.5, 0.6) is 0 Å². The lowest BCUT2D eigenvalue weighted by Gasteiger charge is -2.36. The summed E-state index contributed by atoms with van der Waals surface area (Å²) in [7, 11) is 0. The van der Waals surface area contributed by atoms with E-state index in [1.165, 1.54) is 12.8 Å². The Balaban J connectivity index is 2.02.